The van der Waals surface area contributed by atoms with Crippen molar-refractivity contribution in [3.05, 3.63) is 0 Å². The molecule has 0 aliphatic carbocycles. The average molecular weight is 234 g/mol. The van der Waals surface area contributed by atoms with E-state index in [2.05, 4.69) is 0 Å². The second kappa shape index (κ2) is 5.42. The Kier molecular flexibility index (Phi) is 4.70. The molecule has 0 aromatic heterocycles. The zero-order valence-electron chi connectivity index (χ0n) is 10.3. The van der Waals surface area contributed by atoms with Gasteiger partial charge in [0.05, 0.1) is 12.7 Å². The van der Waals surface area contributed by atoms with Crippen LogP contribution >= 0.6 is 0 Å². The summed E-state index contributed by atoms with van der Waals surface area (Å²) in [6, 6.07) is 0. The van der Waals surface area contributed by atoms with E-state index in [1.54, 1.807) is 0 Å². The fourth-order valence-corrected chi connectivity index (χ4v) is 1.90. The van der Waals surface area contributed by atoms with Crippen molar-refractivity contribution in [2.75, 3.05) is 6.61 Å². The van der Waals surface area contributed by atoms with E-state index >= 15 is 0 Å². The van der Waals surface area contributed by atoms with E-state index in [9.17, 15) is 5.11 Å². The van der Waals surface area contributed by atoms with Gasteiger partial charge in [-0.05, 0) is 13.8 Å². The van der Waals surface area contributed by atoms with Crippen molar-refractivity contribution in [1.29, 1.82) is 0 Å². The van der Waals surface area contributed by atoms with Crippen LogP contribution in [0.15, 0.2) is 0 Å². The molecule has 0 aromatic rings. The highest BCUT2D eigenvalue weighted by Crippen LogP contribution is 2.37. The Hall–Kier alpha value is -0.200. The minimum Gasteiger partial charge on any atom is -0.394 e. The number of aliphatic hydroxyl groups excluding tert-OH is 2. The van der Waals surface area contributed by atoms with E-state index < -0.39 is 18.2 Å². The molecule has 2 N–H and O–H groups in total. The molecule has 0 aromatic carbocycles. The number of aliphatic hydroxyl groups is 2. The van der Waals surface area contributed by atoms with Crippen molar-refractivity contribution >= 4 is 0 Å². The molecule has 2 rings (SSSR count). The van der Waals surface area contributed by atoms with E-state index in [0.29, 0.717) is 6.42 Å². The summed E-state index contributed by atoms with van der Waals surface area (Å²) in [5.74, 6) is -0.607. The first-order valence-electron chi connectivity index (χ1n) is 5.82. The van der Waals surface area contributed by atoms with Crippen LogP contribution in [0.1, 0.15) is 34.1 Å². The van der Waals surface area contributed by atoms with Crippen LogP contribution in [0.25, 0.3) is 0 Å². The number of ether oxygens (including phenoxy) is 3. The Labute approximate surface area is 96.3 Å². The van der Waals surface area contributed by atoms with Crippen molar-refractivity contribution in [2.24, 2.45) is 0 Å². The lowest BCUT2D eigenvalue weighted by atomic mass is 10.1. The Bertz CT molecular complexity index is 202. The van der Waals surface area contributed by atoms with E-state index in [1.807, 2.05) is 27.7 Å². The van der Waals surface area contributed by atoms with Gasteiger partial charge in [-0.2, -0.15) is 0 Å². The molecule has 2 heterocycles. The molecule has 16 heavy (non-hydrogen) atoms. The topological polar surface area (TPSA) is 68.2 Å². The van der Waals surface area contributed by atoms with Gasteiger partial charge < -0.3 is 24.4 Å². The first kappa shape index (κ1) is 13.9. The van der Waals surface area contributed by atoms with Gasteiger partial charge in [-0.25, -0.2) is 0 Å². The Morgan fingerprint density at radius 2 is 1.94 bits per heavy atom. The lowest BCUT2D eigenvalue weighted by Gasteiger charge is -2.22. The minimum atomic E-state index is -0.851. The maximum Gasteiger partial charge on any atom is 0.187 e. The molecule has 5 heteroatoms. The van der Waals surface area contributed by atoms with E-state index in [1.165, 1.54) is 0 Å². The van der Waals surface area contributed by atoms with E-state index in [4.69, 9.17) is 19.3 Å². The summed E-state index contributed by atoms with van der Waals surface area (Å²) in [5.41, 5.74) is 0. The average Bonchev–Trinajstić information content (AvgIpc) is 2.73. The third kappa shape index (κ3) is 2.93. The fourth-order valence-electron chi connectivity index (χ4n) is 1.90. The molecule has 0 amide bonds. The molecule has 4 atom stereocenters. The van der Waals surface area contributed by atoms with Crippen LogP contribution < -0.4 is 0 Å². The largest absolute Gasteiger partial charge is 0.394 e. The molecule has 0 saturated carbocycles. The summed E-state index contributed by atoms with van der Waals surface area (Å²) in [6.45, 7) is 7.35. The highest BCUT2D eigenvalue weighted by atomic mass is 16.8. The number of hydrogen-bond donors (Lipinski definition) is 2. The third-order valence-corrected chi connectivity index (χ3v) is 2.53. The Balaban J connectivity index is 0.000000606. The second-order valence-corrected chi connectivity index (χ2v) is 4.20. The lowest BCUT2D eigenvalue weighted by molar-refractivity contribution is -0.215. The maximum absolute atomic E-state index is 9.36. The predicted octanol–water partition coefficient (Wildman–Crippen LogP) is 0.632. The van der Waals surface area contributed by atoms with Gasteiger partial charge in [0.1, 0.15) is 12.2 Å². The quantitative estimate of drug-likeness (QED) is 0.733. The molecule has 2 aliphatic rings. The standard InChI is InChI=1S/C9H16O5.C2H6/c1-9(2)13-7-3-6(5(11)4-10)12-8(7)14-9;1-2/h5-8,10-11H,3-4H2,1-2H3;1-2H3. The first-order chi connectivity index (χ1) is 7.52. The van der Waals surface area contributed by atoms with Crippen LogP contribution in [-0.4, -0.2) is 47.2 Å². The summed E-state index contributed by atoms with van der Waals surface area (Å²) in [6.07, 6.45) is -1.20. The van der Waals surface area contributed by atoms with Crippen molar-refractivity contribution in [3.8, 4) is 0 Å². The molecule has 4 unspecified atom stereocenters. The molecule has 2 fully saturated rings. The van der Waals surface area contributed by atoms with Crippen LogP contribution in [0, 0.1) is 0 Å². The van der Waals surface area contributed by atoms with Crippen LogP contribution in [0.3, 0.4) is 0 Å². The van der Waals surface area contributed by atoms with Gasteiger partial charge in [-0.1, -0.05) is 13.8 Å². The van der Waals surface area contributed by atoms with Gasteiger partial charge >= 0.3 is 0 Å². The monoisotopic (exact) mass is 234 g/mol. The van der Waals surface area contributed by atoms with Gasteiger partial charge in [-0.15, -0.1) is 0 Å². The van der Waals surface area contributed by atoms with Crippen molar-refractivity contribution in [1.82, 2.24) is 0 Å². The Morgan fingerprint density at radius 3 is 2.44 bits per heavy atom. The van der Waals surface area contributed by atoms with Crippen LogP contribution in [0.5, 0.6) is 0 Å². The zero-order chi connectivity index (χ0) is 12.3. The van der Waals surface area contributed by atoms with Gasteiger partial charge in [0.2, 0.25) is 0 Å². The molecular formula is C11H22O5. The predicted molar refractivity (Wildman–Crippen MR) is 57.8 cm³/mol. The number of hydrogen-bond acceptors (Lipinski definition) is 5. The molecular weight excluding hydrogens is 212 g/mol. The lowest BCUT2D eigenvalue weighted by Crippen LogP contribution is -2.32. The van der Waals surface area contributed by atoms with Crippen molar-refractivity contribution < 1.29 is 24.4 Å². The highest BCUT2D eigenvalue weighted by molar-refractivity contribution is 4.87. The number of fused-ring (bicyclic) bond motifs is 1. The normalized spacial score (nSPS) is 37.5. The van der Waals surface area contributed by atoms with Crippen LogP contribution in [0.4, 0.5) is 0 Å². The summed E-state index contributed by atoms with van der Waals surface area (Å²) >= 11 is 0. The molecule has 2 aliphatic heterocycles. The minimum absolute atomic E-state index is 0.129. The van der Waals surface area contributed by atoms with Crippen LogP contribution in [0.2, 0.25) is 0 Å². The summed E-state index contributed by atoms with van der Waals surface area (Å²) in [5, 5.41) is 18.1. The second-order valence-electron chi connectivity index (χ2n) is 4.20. The summed E-state index contributed by atoms with van der Waals surface area (Å²) in [4.78, 5) is 0. The summed E-state index contributed by atoms with van der Waals surface area (Å²) < 4.78 is 16.4. The molecule has 0 spiro atoms. The fraction of sp³-hybridized carbons (Fsp3) is 1.00. The van der Waals surface area contributed by atoms with Crippen LogP contribution in [-0.2, 0) is 14.2 Å². The molecule has 2 saturated heterocycles. The Morgan fingerprint density at radius 1 is 1.31 bits per heavy atom. The van der Waals surface area contributed by atoms with Crippen molar-refractivity contribution in [2.45, 2.75) is 64.5 Å². The molecule has 96 valence electrons. The van der Waals surface area contributed by atoms with E-state index in [0.717, 1.165) is 0 Å². The van der Waals surface area contributed by atoms with E-state index in [-0.39, 0.29) is 18.8 Å². The third-order valence-electron chi connectivity index (χ3n) is 2.53. The van der Waals surface area contributed by atoms with Crippen molar-refractivity contribution in [3.63, 3.8) is 0 Å². The number of rotatable bonds is 2. The highest BCUT2D eigenvalue weighted by Gasteiger charge is 2.49. The first-order valence-corrected chi connectivity index (χ1v) is 5.82. The van der Waals surface area contributed by atoms with Gasteiger partial charge in [0.15, 0.2) is 12.1 Å². The zero-order valence-corrected chi connectivity index (χ0v) is 10.3. The van der Waals surface area contributed by atoms with Gasteiger partial charge in [-0.3, -0.25) is 0 Å². The SMILES string of the molecule is CC.CC1(C)OC2CC(C(O)CO)OC2O1. The van der Waals surface area contributed by atoms with Gasteiger partial charge in [0.25, 0.3) is 0 Å². The smallest absolute Gasteiger partial charge is 0.187 e. The summed E-state index contributed by atoms with van der Waals surface area (Å²) in [7, 11) is 0. The maximum atomic E-state index is 9.36. The molecule has 0 bridgehead atoms. The molecule has 5 nitrogen and oxygen atoms in total. The van der Waals surface area contributed by atoms with Gasteiger partial charge in [0, 0.05) is 6.42 Å². The molecule has 0 radical (unpaired) electrons.